The molecule has 0 spiro atoms. The Hall–Kier alpha value is -1.50. The van der Waals surface area contributed by atoms with Crippen LogP contribution in [0.3, 0.4) is 0 Å². The minimum atomic E-state index is -0.715. The Labute approximate surface area is 105 Å². The Morgan fingerprint density at radius 2 is 2.33 bits per heavy atom. The first kappa shape index (κ1) is 11.6. The van der Waals surface area contributed by atoms with Gasteiger partial charge in [0.1, 0.15) is 6.04 Å². The molecule has 3 atom stereocenters. The Balaban J connectivity index is 1.77. The number of fused-ring (bicyclic) bond motifs is 1. The third-order valence-electron chi connectivity index (χ3n) is 4.13. The number of aromatic nitrogens is 4. The van der Waals surface area contributed by atoms with Crippen LogP contribution in [0.4, 0.5) is 0 Å². The molecule has 18 heavy (non-hydrogen) atoms. The molecular weight excluding hydrogens is 234 g/mol. The summed E-state index contributed by atoms with van der Waals surface area (Å²) >= 11 is 0. The highest BCUT2D eigenvalue weighted by atomic mass is 16.4. The molecule has 1 aromatic rings. The lowest BCUT2D eigenvalue weighted by molar-refractivity contribution is -0.143. The van der Waals surface area contributed by atoms with Crippen molar-refractivity contribution in [1.82, 2.24) is 25.1 Å². The van der Waals surface area contributed by atoms with Crippen LogP contribution < -0.4 is 0 Å². The summed E-state index contributed by atoms with van der Waals surface area (Å²) in [6.45, 7) is 1.33. The fourth-order valence-electron chi connectivity index (χ4n) is 3.46. The number of likely N-dealkylation sites (tertiary alicyclic amines) is 1. The minimum Gasteiger partial charge on any atom is -0.480 e. The molecule has 1 aliphatic carbocycles. The topological polar surface area (TPSA) is 84.1 Å². The third-order valence-corrected chi connectivity index (χ3v) is 4.13. The summed E-state index contributed by atoms with van der Waals surface area (Å²) in [5.74, 6) is 0.721. The third kappa shape index (κ3) is 1.88. The number of carboxylic acids is 1. The van der Waals surface area contributed by atoms with Crippen molar-refractivity contribution in [3.63, 3.8) is 0 Å². The largest absolute Gasteiger partial charge is 0.480 e. The summed E-state index contributed by atoms with van der Waals surface area (Å²) in [6.07, 6.45) is 3.35. The standard InChI is InChI=1S/C11H17N5O2/c1-15-13-9(12-14-15)6-16-5-7-3-2-4-8(7)10(16)11(17)18/h7-8,10H,2-6H2,1H3,(H,17,18). The smallest absolute Gasteiger partial charge is 0.321 e. The van der Waals surface area contributed by atoms with Crippen molar-refractivity contribution in [3.8, 4) is 0 Å². The molecule has 1 saturated heterocycles. The number of hydrogen-bond acceptors (Lipinski definition) is 5. The molecule has 2 aliphatic rings. The van der Waals surface area contributed by atoms with E-state index in [1.165, 1.54) is 4.80 Å². The number of aryl methyl sites for hydroxylation is 1. The molecular formula is C11H17N5O2. The van der Waals surface area contributed by atoms with Gasteiger partial charge in [-0.2, -0.15) is 4.80 Å². The van der Waals surface area contributed by atoms with Crippen molar-refractivity contribution in [2.45, 2.75) is 31.8 Å². The van der Waals surface area contributed by atoms with Crippen molar-refractivity contribution in [2.75, 3.05) is 6.54 Å². The second kappa shape index (κ2) is 4.31. The molecule has 0 bridgehead atoms. The van der Waals surface area contributed by atoms with Crippen LogP contribution in [0.25, 0.3) is 0 Å². The van der Waals surface area contributed by atoms with Gasteiger partial charge < -0.3 is 5.11 Å². The first-order chi connectivity index (χ1) is 8.65. The van der Waals surface area contributed by atoms with Gasteiger partial charge in [-0.1, -0.05) is 6.42 Å². The van der Waals surface area contributed by atoms with E-state index >= 15 is 0 Å². The summed E-state index contributed by atoms with van der Waals surface area (Å²) in [4.78, 5) is 14.8. The van der Waals surface area contributed by atoms with E-state index in [0.717, 1.165) is 25.8 Å². The van der Waals surface area contributed by atoms with Gasteiger partial charge in [-0.3, -0.25) is 9.69 Å². The fraction of sp³-hybridized carbons (Fsp3) is 0.818. The highest BCUT2D eigenvalue weighted by Crippen LogP contribution is 2.42. The van der Waals surface area contributed by atoms with Crippen LogP contribution in [-0.4, -0.2) is 48.8 Å². The number of carbonyl (C=O) groups is 1. The number of nitrogens with zero attached hydrogens (tertiary/aromatic N) is 5. The van der Waals surface area contributed by atoms with Crippen LogP contribution in [0, 0.1) is 11.8 Å². The Bertz CT molecular complexity index is 460. The van der Waals surface area contributed by atoms with E-state index in [0.29, 0.717) is 24.2 Å². The number of carboxylic acid groups (broad SMARTS) is 1. The number of rotatable bonds is 3. The molecule has 0 amide bonds. The summed E-state index contributed by atoms with van der Waals surface area (Å²) in [7, 11) is 1.71. The van der Waals surface area contributed by atoms with Crippen LogP contribution in [-0.2, 0) is 18.4 Å². The predicted octanol–water partition coefficient (Wildman–Crippen LogP) is -0.105. The van der Waals surface area contributed by atoms with Gasteiger partial charge >= 0.3 is 5.97 Å². The highest BCUT2D eigenvalue weighted by Gasteiger charge is 2.47. The van der Waals surface area contributed by atoms with E-state index in [1.807, 2.05) is 4.90 Å². The van der Waals surface area contributed by atoms with Crippen LogP contribution in [0.2, 0.25) is 0 Å². The Morgan fingerprint density at radius 3 is 3.00 bits per heavy atom. The van der Waals surface area contributed by atoms with Crippen LogP contribution in [0.15, 0.2) is 0 Å². The van der Waals surface area contributed by atoms with Gasteiger partial charge in [0.15, 0.2) is 5.82 Å². The van der Waals surface area contributed by atoms with Gasteiger partial charge in [-0.05, 0) is 29.9 Å². The van der Waals surface area contributed by atoms with Crippen molar-refractivity contribution < 1.29 is 9.90 Å². The second-order valence-electron chi connectivity index (χ2n) is 5.26. The van der Waals surface area contributed by atoms with E-state index in [9.17, 15) is 9.90 Å². The van der Waals surface area contributed by atoms with Gasteiger partial charge in [-0.25, -0.2) is 0 Å². The molecule has 3 unspecified atom stereocenters. The summed E-state index contributed by atoms with van der Waals surface area (Å²) in [5.41, 5.74) is 0. The Morgan fingerprint density at radius 1 is 1.50 bits per heavy atom. The SMILES string of the molecule is Cn1nnc(CN2CC3CCCC3C2C(=O)O)n1. The maximum Gasteiger partial charge on any atom is 0.321 e. The van der Waals surface area contributed by atoms with Crippen molar-refractivity contribution in [3.05, 3.63) is 5.82 Å². The lowest BCUT2D eigenvalue weighted by Gasteiger charge is -2.22. The average Bonchev–Trinajstić information content (AvgIpc) is 2.93. The van der Waals surface area contributed by atoms with Crippen LogP contribution in [0.5, 0.6) is 0 Å². The molecule has 7 heteroatoms. The molecule has 1 aromatic heterocycles. The molecule has 2 heterocycles. The molecule has 1 saturated carbocycles. The monoisotopic (exact) mass is 251 g/mol. The molecule has 1 N–H and O–H groups in total. The first-order valence-electron chi connectivity index (χ1n) is 6.35. The number of hydrogen-bond donors (Lipinski definition) is 1. The van der Waals surface area contributed by atoms with Gasteiger partial charge in [-0.15, -0.1) is 10.2 Å². The molecule has 3 rings (SSSR count). The fourth-order valence-corrected chi connectivity index (χ4v) is 3.46. The molecule has 1 aliphatic heterocycles. The zero-order chi connectivity index (χ0) is 12.7. The van der Waals surface area contributed by atoms with Gasteiger partial charge in [0, 0.05) is 6.54 Å². The first-order valence-corrected chi connectivity index (χ1v) is 6.35. The van der Waals surface area contributed by atoms with E-state index in [4.69, 9.17) is 0 Å². The summed E-state index contributed by atoms with van der Waals surface area (Å²) in [5, 5.41) is 21.2. The van der Waals surface area contributed by atoms with E-state index in [1.54, 1.807) is 7.05 Å². The number of aliphatic carboxylic acids is 1. The average molecular weight is 251 g/mol. The maximum atomic E-state index is 11.4. The lowest BCUT2D eigenvalue weighted by Crippen LogP contribution is -2.39. The van der Waals surface area contributed by atoms with Crippen molar-refractivity contribution in [1.29, 1.82) is 0 Å². The van der Waals surface area contributed by atoms with Crippen molar-refractivity contribution in [2.24, 2.45) is 18.9 Å². The Kier molecular flexibility index (Phi) is 2.77. The molecule has 7 nitrogen and oxygen atoms in total. The predicted molar refractivity (Wildman–Crippen MR) is 61.5 cm³/mol. The summed E-state index contributed by atoms with van der Waals surface area (Å²) in [6, 6.07) is -0.374. The second-order valence-corrected chi connectivity index (χ2v) is 5.26. The molecule has 98 valence electrons. The van der Waals surface area contributed by atoms with E-state index < -0.39 is 5.97 Å². The van der Waals surface area contributed by atoms with Gasteiger partial charge in [0.2, 0.25) is 0 Å². The van der Waals surface area contributed by atoms with Crippen molar-refractivity contribution >= 4 is 5.97 Å². The van der Waals surface area contributed by atoms with Crippen LogP contribution >= 0.6 is 0 Å². The van der Waals surface area contributed by atoms with E-state index in [2.05, 4.69) is 15.4 Å². The van der Waals surface area contributed by atoms with Crippen LogP contribution in [0.1, 0.15) is 25.1 Å². The zero-order valence-electron chi connectivity index (χ0n) is 10.4. The summed E-state index contributed by atoms with van der Waals surface area (Å²) < 4.78 is 0. The zero-order valence-corrected chi connectivity index (χ0v) is 10.4. The normalized spacial score (nSPS) is 31.7. The minimum absolute atomic E-state index is 0.305. The van der Waals surface area contributed by atoms with Gasteiger partial charge in [0.25, 0.3) is 0 Å². The molecule has 0 aromatic carbocycles. The molecule has 0 radical (unpaired) electrons. The van der Waals surface area contributed by atoms with E-state index in [-0.39, 0.29) is 6.04 Å². The highest BCUT2D eigenvalue weighted by molar-refractivity contribution is 5.74. The van der Waals surface area contributed by atoms with Gasteiger partial charge in [0.05, 0.1) is 13.6 Å². The molecule has 2 fully saturated rings. The quantitative estimate of drug-likeness (QED) is 0.807. The maximum absolute atomic E-state index is 11.4. The lowest BCUT2D eigenvalue weighted by atomic mass is 9.94. The number of tetrazole rings is 1.